The quantitative estimate of drug-likeness (QED) is 0.503. The third-order valence-corrected chi connectivity index (χ3v) is 3.87. The van der Waals surface area contributed by atoms with Gasteiger partial charge >= 0.3 is 5.97 Å². The van der Waals surface area contributed by atoms with Gasteiger partial charge in [0.25, 0.3) is 0 Å². The molecule has 1 saturated heterocycles. The summed E-state index contributed by atoms with van der Waals surface area (Å²) in [5.74, 6) is -0.537. The van der Waals surface area contributed by atoms with Crippen molar-refractivity contribution in [2.75, 3.05) is 13.2 Å². The monoisotopic (exact) mass is 300 g/mol. The van der Waals surface area contributed by atoms with Gasteiger partial charge in [0.15, 0.2) is 0 Å². The summed E-state index contributed by atoms with van der Waals surface area (Å²) in [6.45, 7) is 11.5. The first kappa shape index (κ1) is 18.1. The maximum Gasteiger partial charge on any atom is 0.330 e. The SMILES string of the molecule is C=CC(=O)OCC(O)CNC1CC(C)(C)N(O)C(C)(C)C1. The van der Waals surface area contributed by atoms with E-state index in [1.54, 1.807) is 0 Å². The number of esters is 1. The van der Waals surface area contributed by atoms with E-state index in [9.17, 15) is 15.1 Å². The first-order valence-electron chi connectivity index (χ1n) is 7.28. The summed E-state index contributed by atoms with van der Waals surface area (Å²) in [5.41, 5.74) is -0.667. The lowest BCUT2D eigenvalue weighted by Gasteiger charge is -2.51. The average Bonchev–Trinajstić information content (AvgIpc) is 2.39. The number of aliphatic hydroxyl groups is 1. The van der Waals surface area contributed by atoms with E-state index < -0.39 is 12.1 Å². The number of piperidine rings is 1. The largest absolute Gasteiger partial charge is 0.460 e. The van der Waals surface area contributed by atoms with Crippen molar-refractivity contribution in [2.45, 2.75) is 63.8 Å². The van der Waals surface area contributed by atoms with E-state index in [2.05, 4.69) is 11.9 Å². The Labute approximate surface area is 126 Å². The summed E-state index contributed by atoms with van der Waals surface area (Å²) in [6, 6.07) is 0.183. The molecule has 1 rings (SSSR count). The lowest BCUT2D eigenvalue weighted by Crippen LogP contribution is -2.62. The van der Waals surface area contributed by atoms with Crippen molar-refractivity contribution in [3.8, 4) is 0 Å². The maximum atomic E-state index is 10.9. The number of hydrogen-bond acceptors (Lipinski definition) is 6. The summed E-state index contributed by atoms with van der Waals surface area (Å²) in [7, 11) is 0. The second kappa shape index (κ2) is 6.87. The van der Waals surface area contributed by atoms with Crippen LogP contribution in [0.2, 0.25) is 0 Å². The molecule has 0 spiro atoms. The van der Waals surface area contributed by atoms with Crippen molar-refractivity contribution in [2.24, 2.45) is 0 Å². The molecule has 0 radical (unpaired) electrons. The Morgan fingerprint density at radius 1 is 1.43 bits per heavy atom. The second-order valence-electron chi connectivity index (χ2n) is 6.94. The highest BCUT2D eigenvalue weighted by Gasteiger charge is 2.44. The van der Waals surface area contributed by atoms with Gasteiger partial charge in [0.1, 0.15) is 12.7 Å². The van der Waals surface area contributed by atoms with Gasteiger partial charge in [-0.3, -0.25) is 0 Å². The molecule has 1 unspecified atom stereocenters. The van der Waals surface area contributed by atoms with Gasteiger partial charge in [-0.25, -0.2) is 4.79 Å². The van der Waals surface area contributed by atoms with Gasteiger partial charge in [-0.05, 0) is 40.5 Å². The van der Waals surface area contributed by atoms with Crippen LogP contribution in [0.4, 0.5) is 0 Å². The zero-order valence-corrected chi connectivity index (χ0v) is 13.4. The fourth-order valence-corrected chi connectivity index (χ4v) is 3.01. The molecule has 122 valence electrons. The summed E-state index contributed by atoms with van der Waals surface area (Å²) < 4.78 is 4.80. The Balaban J connectivity index is 2.45. The van der Waals surface area contributed by atoms with Crippen LogP contribution >= 0.6 is 0 Å². The van der Waals surface area contributed by atoms with Gasteiger partial charge in [0, 0.05) is 29.7 Å². The molecule has 1 atom stereocenters. The Hall–Kier alpha value is -0.950. The highest BCUT2D eigenvalue weighted by Crippen LogP contribution is 2.36. The molecule has 1 aliphatic heterocycles. The number of nitrogens with one attached hydrogen (secondary N) is 1. The summed E-state index contributed by atoms with van der Waals surface area (Å²) in [6.07, 6.45) is 1.85. The number of hydrogen-bond donors (Lipinski definition) is 3. The number of rotatable bonds is 6. The van der Waals surface area contributed by atoms with Gasteiger partial charge in [0.2, 0.25) is 0 Å². The number of ether oxygens (including phenoxy) is 1. The van der Waals surface area contributed by atoms with Crippen LogP contribution in [0.5, 0.6) is 0 Å². The van der Waals surface area contributed by atoms with Crippen LogP contribution in [0.1, 0.15) is 40.5 Å². The number of aliphatic hydroxyl groups excluding tert-OH is 1. The van der Waals surface area contributed by atoms with Gasteiger partial charge in [0.05, 0.1) is 0 Å². The van der Waals surface area contributed by atoms with Crippen molar-refractivity contribution >= 4 is 5.97 Å². The lowest BCUT2D eigenvalue weighted by molar-refractivity contribution is -0.246. The Morgan fingerprint density at radius 2 is 1.95 bits per heavy atom. The van der Waals surface area contributed by atoms with E-state index in [1.165, 1.54) is 5.06 Å². The Morgan fingerprint density at radius 3 is 2.43 bits per heavy atom. The number of carbonyl (C=O) groups is 1. The zero-order valence-electron chi connectivity index (χ0n) is 13.4. The number of nitrogens with zero attached hydrogens (tertiary/aromatic N) is 1. The van der Waals surface area contributed by atoms with Crippen LogP contribution in [-0.4, -0.2) is 57.7 Å². The van der Waals surface area contributed by atoms with E-state index in [-0.39, 0.29) is 23.7 Å². The van der Waals surface area contributed by atoms with Crippen molar-refractivity contribution in [3.63, 3.8) is 0 Å². The molecule has 0 saturated carbocycles. The standard InChI is InChI=1S/C15H28N2O4/c1-6-13(19)21-10-12(18)9-16-11-7-14(2,3)17(20)15(4,5)8-11/h6,11-12,16,18,20H,1,7-10H2,2-5H3. The molecule has 0 aromatic carbocycles. The van der Waals surface area contributed by atoms with Crippen molar-refractivity contribution < 1.29 is 19.8 Å². The van der Waals surface area contributed by atoms with Crippen LogP contribution in [-0.2, 0) is 9.53 Å². The lowest BCUT2D eigenvalue weighted by atomic mass is 9.79. The topological polar surface area (TPSA) is 82.0 Å². The van der Waals surface area contributed by atoms with Crippen molar-refractivity contribution in [1.82, 2.24) is 10.4 Å². The first-order valence-corrected chi connectivity index (χ1v) is 7.28. The Bertz CT molecular complexity index is 364. The van der Waals surface area contributed by atoms with Gasteiger partial charge in [-0.15, -0.1) is 0 Å². The molecule has 1 heterocycles. The molecule has 3 N–H and O–H groups in total. The van der Waals surface area contributed by atoms with E-state index >= 15 is 0 Å². The van der Waals surface area contributed by atoms with Crippen LogP contribution < -0.4 is 5.32 Å². The molecule has 6 nitrogen and oxygen atoms in total. The normalized spacial score (nSPS) is 23.5. The Kier molecular flexibility index (Phi) is 5.92. The maximum absolute atomic E-state index is 10.9. The van der Waals surface area contributed by atoms with Crippen LogP contribution in [0.3, 0.4) is 0 Å². The molecule has 21 heavy (non-hydrogen) atoms. The molecule has 0 aliphatic carbocycles. The third kappa shape index (κ3) is 5.07. The van der Waals surface area contributed by atoms with E-state index in [4.69, 9.17) is 4.74 Å². The van der Waals surface area contributed by atoms with Gasteiger partial charge < -0.3 is 20.4 Å². The minimum atomic E-state index is -0.757. The van der Waals surface area contributed by atoms with Crippen LogP contribution in [0.15, 0.2) is 12.7 Å². The molecule has 6 heteroatoms. The molecule has 0 bridgehead atoms. The molecule has 0 amide bonds. The fraction of sp³-hybridized carbons (Fsp3) is 0.800. The minimum absolute atomic E-state index is 0.0521. The van der Waals surface area contributed by atoms with Crippen LogP contribution in [0.25, 0.3) is 0 Å². The molecule has 0 aromatic rings. The molecule has 1 aliphatic rings. The van der Waals surface area contributed by atoms with Crippen molar-refractivity contribution in [1.29, 1.82) is 0 Å². The predicted molar refractivity (Wildman–Crippen MR) is 80.0 cm³/mol. The highest BCUT2D eigenvalue weighted by molar-refractivity contribution is 5.81. The van der Waals surface area contributed by atoms with E-state index in [0.29, 0.717) is 6.54 Å². The summed E-state index contributed by atoms with van der Waals surface area (Å²) >= 11 is 0. The highest BCUT2D eigenvalue weighted by atomic mass is 16.5. The molecule has 0 aromatic heterocycles. The average molecular weight is 300 g/mol. The fourth-order valence-electron chi connectivity index (χ4n) is 3.01. The van der Waals surface area contributed by atoms with Crippen molar-refractivity contribution in [3.05, 3.63) is 12.7 Å². The van der Waals surface area contributed by atoms with E-state index in [0.717, 1.165) is 18.9 Å². The smallest absolute Gasteiger partial charge is 0.330 e. The second-order valence-corrected chi connectivity index (χ2v) is 6.94. The molecule has 1 fully saturated rings. The first-order chi connectivity index (χ1) is 9.58. The molecular weight excluding hydrogens is 272 g/mol. The number of hydroxylamine groups is 2. The summed E-state index contributed by atoms with van der Waals surface area (Å²) in [4.78, 5) is 10.9. The number of carbonyl (C=O) groups excluding carboxylic acids is 1. The predicted octanol–water partition coefficient (Wildman–Crippen LogP) is 1.08. The third-order valence-electron chi connectivity index (χ3n) is 3.87. The summed E-state index contributed by atoms with van der Waals surface area (Å²) in [5, 5.41) is 24.7. The minimum Gasteiger partial charge on any atom is -0.460 e. The zero-order chi connectivity index (χ0) is 16.3. The molecular formula is C15H28N2O4. The van der Waals surface area contributed by atoms with Gasteiger partial charge in [-0.1, -0.05) is 6.58 Å². The van der Waals surface area contributed by atoms with Gasteiger partial charge in [-0.2, -0.15) is 5.06 Å². The van der Waals surface area contributed by atoms with E-state index in [1.807, 2.05) is 27.7 Å². The van der Waals surface area contributed by atoms with Crippen LogP contribution in [0, 0.1) is 0 Å².